The third-order valence-electron chi connectivity index (χ3n) is 2.96. The van der Waals surface area contributed by atoms with Gasteiger partial charge in [0.25, 0.3) is 0 Å². The summed E-state index contributed by atoms with van der Waals surface area (Å²) in [5.41, 5.74) is -1.58. The average molecular weight is 253 g/mol. The summed E-state index contributed by atoms with van der Waals surface area (Å²) in [6.07, 6.45) is 4.20. The van der Waals surface area contributed by atoms with Crippen LogP contribution in [0.4, 0.5) is 0 Å². The maximum absolute atomic E-state index is 11.5. The van der Waals surface area contributed by atoms with Gasteiger partial charge in [0.1, 0.15) is 5.92 Å². The van der Waals surface area contributed by atoms with Gasteiger partial charge in [0.2, 0.25) is 5.91 Å². The van der Waals surface area contributed by atoms with Gasteiger partial charge in [0, 0.05) is 6.42 Å². The lowest BCUT2D eigenvalue weighted by Crippen LogP contribution is -2.56. The predicted octanol–water partition coefficient (Wildman–Crippen LogP) is 0.553. The molecule has 1 aliphatic carbocycles. The molecule has 1 amide bonds. The Balaban J connectivity index is 3.22. The van der Waals surface area contributed by atoms with Crippen LogP contribution in [0.25, 0.3) is 0 Å². The molecule has 0 fully saturated rings. The Morgan fingerprint density at radius 3 is 2.44 bits per heavy atom. The van der Waals surface area contributed by atoms with Gasteiger partial charge in [-0.25, -0.2) is 4.79 Å². The van der Waals surface area contributed by atoms with E-state index in [1.807, 2.05) is 0 Å². The molecule has 0 radical (unpaired) electrons. The molecule has 0 saturated heterocycles. The van der Waals surface area contributed by atoms with E-state index in [9.17, 15) is 14.4 Å². The van der Waals surface area contributed by atoms with Crippen molar-refractivity contribution in [1.82, 2.24) is 5.32 Å². The van der Waals surface area contributed by atoms with E-state index in [0.717, 1.165) is 0 Å². The fourth-order valence-electron chi connectivity index (χ4n) is 1.94. The quantitative estimate of drug-likeness (QED) is 0.679. The van der Waals surface area contributed by atoms with Gasteiger partial charge in [-0.1, -0.05) is 19.1 Å². The molecule has 0 aromatic carbocycles. The van der Waals surface area contributed by atoms with Crippen LogP contribution in [0.3, 0.4) is 0 Å². The summed E-state index contributed by atoms with van der Waals surface area (Å²) in [5.74, 6) is -3.93. The number of carboxylic acids is 2. The molecule has 0 saturated carbocycles. The van der Waals surface area contributed by atoms with Crippen molar-refractivity contribution in [3.8, 4) is 0 Å². The molecule has 0 aromatic heterocycles. The van der Waals surface area contributed by atoms with E-state index in [-0.39, 0.29) is 12.0 Å². The van der Waals surface area contributed by atoms with E-state index in [1.54, 1.807) is 6.92 Å². The smallest absolute Gasteiger partial charge is 0.333 e. The van der Waals surface area contributed by atoms with Crippen LogP contribution in [-0.4, -0.2) is 33.6 Å². The molecule has 2 atom stereocenters. The van der Waals surface area contributed by atoms with Crippen molar-refractivity contribution in [2.24, 2.45) is 5.92 Å². The molecule has 0 aliphatic heterocycles. The largest absolute Gasteiger partial charge is 0.481 e. The van der Waals surface area contributed by atoms with E-state index in [2.05, 4.69) is 5.32 Å². The Labute approximate surface area is 104 Å². The van der Waals surface area contributed by atoms with E-state index in [4.69, 9.17) is 10.2 Å². The minimum absolute atomic E-state index is 0.140. The summed E-state index contributed by atoms with van der Waals surface area (Å²) < 4.78 is 0. The number of rotatable bonds is 4. The van der Waals surface area contributed by atoms with Crippen LogP contribution in [0, 0.1) is 5.92 Å². The molecular formula is C12H15NO5. The number of carbonyl (C=O) groups excluding carboxylic acids is 1. The van der Waals surface area contributed by atoms with Crippen LogP contribution < -0.4 is 5.32 Å². The highest BCUT2D eigenvalue weighted by Gasteiger charge is 2.45. The molecule has 6 nitrogen and oxygen atoms in total. The van der Waals surface area contributed by atoms with E-state index in [0.29, 0.717) is 0 Å². The number of carbonyl (C=O) groups is 3. The molecule has 0 heterocycles. The van der Waals surface area contributed by atoms with Gasteiger partial charge >= 0.3 is 11.9 Å². The van der Waals surface area contributed by atoms with Crippen LogP contribution in [0.5, 0.6) is 0 Å². The molecule has 3 N–H and O–H groups in total. The SMILES string of the molecule is CCC(=O)NC1(C)C(C(=O)O)=CC=CC1C(=O)O. The number of hydrogen-bond acceptors (Lipinski definition) is 3. The van der Waals surface area contributed by atoms with Gasteiger partial charge in [0.05, 0.1) is 11.1 Å². The van der Waals surface area contributed by atoms with Crippen LogP contribution in [0.2, 0.25) is 0 Å². The highest BCUT2D eigenvalue weighted by Crippen LogP contribution is 2.31. The van der Waals surface area contributed by atoms with E-state index < -0.39 is 29.3 Å². The Hall–Kier alpha value is -2.11. The molecule has 1 aliphatic rings. The lowest BCUT2D eigenvalue weighted by atomic mass is 9.75. The molecule has 2 unspecified atom stereocenters. The van der Waals surface area contributed by atoms with Gasteiger partial charge in [-0.05, 0) is 13.0 Å². The first-order valence-electron chi connectivity index (χ1n) is 5.49. The second-order valence-electron chi connectivity index (χ2n) is 4.19. The Kier molecular flexibility index (Phi) is 3.90. The van der Waals surface area contributed by atoms with Gasteiger partial charge in [-0.15, -0.1) is 0 Å². The van der Waals surface area contributed by atoms with Crippen molar-refractivity contribution in [3.63, 3.8) is 0 Å². The van der Waals surface area contributed by atoms with Gasteiger partial charge in [0.15, 0.2) is 0 Å². The highest BCUT2D eigenvalue weighted by molar-refractivity contribution is 5.94. The van der Waals surface area contributed by atoms with Crippen LogP contribution >= 0.6 is 0 Å². The number of amides is 1. The number of hydrogen-bond donors (Lipinski definition) is 3. The molecule has 6 heteroatoms. The zero-order valence-electron chi connectivity index (χ0n) is 10.1. The first kappa shape index (κ1) is 14.0. The third kappa shape index (κ3) is 2.42. The number of nitrogens with one attached hydrogen (secondary N) is 1. The first-order chi connectivity index (χ1) is 8.32. The van der Waals surface area contributed by atoms with Gasteiger partial charge < -0.3 is 15.5 Å². The maximum atomic E-state index is 11.5. The molecule has 98 valence electrons. The van der Waals surface area contributed by atoms with Crippen molar-refractivity contribution in [3.05, 3.63) is 23.8 Å². The normalized spacial score (nSPS) is 26.3. The Morgan fingerprint density at radius 1 is 1.39 bits per heavy atom. The first-order valence-corrected chi connectivity index (χ1v) is 5.49. The molecule has 0 spiro atoms. The predicted molar refractivity (Wildman–Crippen MR) is 62.8 cm³/mol. The van der Waals surface area contributed by atoms with Crippen molar-refractivity contribution in [1.29, 1.82) is 0 Å². The minimum atomic E-state index is -1.44. The summed E-state index contributed by atoms with van der Waals surface area (Å²) in [6.45, 7) is 3.01. The molecule has 0 aromatic rings. The van der Waals surface area contributed by atoms with Crippen molar-refractivity contribution < 1.29 is 24.6 Å². The fraction of sp³-hybridized carbons (Fsp3) is 0.417. The lowest BCUT2D eigenvalue weighted by Gasteiger charge is -2.37. The van der Waals surface area contributed by atoms with Crippen LogP contribution in [-0.2, 0) is 14.4 Å². The van der Waals surface area contributed by atoms with E-state index in [1.165, 1.54) is 25.2 Å². The second kappa shape index (κ2) is 5.03. The van der Waals surface area contributed by atoms with Crippen LogP contribution in [0.15, 0.2) is 23.8 Å². The molecule has 0 bridgehead atoms. The summed E-state index contributed by atoms with van der Waals surface area (Å²) in [4.78, 5) is 33.8. The van der Waals surface area contributed by atoms with Crippen molar-refractivity contribution in [2.75, 3.05) is 0 Å². The second-order valence-corrected chi connectivity index (χ2v) is 4.19. The van der Waals surface area contributed by atoms with Crippen LogP contribution in [0.1, 0.15) is 20.3 Å². The number of allylic oxidation sites excluding steroid dienone is 2. The summed E-state index contributed by atoms with van der Waals surface area (Å²) >= 11 is 0. The number of aliphatic carboxylic acids is 2. The highest BCUT2D eigenvalue weighted by atomic mass is 16.4. The summed E-state index contributed by atoms with van der Waals surface area (Å²) in [6, 6.07) is 0. The van der Waals surface area contributed by atoms with Gasteiger partial charge in [-0.3, -0.25) is 9.59 Å². The Bertz CT molecular complexity index is 451. The zero-order chi connectivity index (χ0) is 13.9. The molecular weight excluding hydrogens is 238 g/mol. The van der Waals surface area contributed by atoms with Crippen molar-refractivity contribution in [2.45, 2.75) is 25.8 Å². The average Bonchev–Trinajstić information content (AvgIpc) is 2.27. The summed E-state index contributed by atoms with van der Waals surface area (Å²) in [5, 5.41) is 20.7. The maximum Gasteiger partial charge on any atom is 0.333 e. The topological polar surface area (TPSA) is 104 Å². The molecule has 1 rings (SSSR count). The molecule has 18 heavy (non-hydrogen) atoms. The standard InChI is InChI=1S/C12H15NO5/c1-3-9(14)13-12(2)7(10(15)16)5-4-6-8(12)11(17)18/h4-7H,3H2,1-2H3,(H,13,14)(H,15,16)(H,17,18). The minimum Gasteiger partial charge on any atom is -0.481 e. The number of carboxylic acid groups (broad SMARTS) is 2. The third-order valence-corrected chi connectivity index (χ3v) is 2.96. The Morgan fingerprint density at radius 2 is 2.00 bits per heavy atom. The monoisotopic (exact) mass is 253 g/mol. The van der Waals surface area contributed by atoms with Gasteiger partial charge in [-0.2, -0.15) is 0 Å². The lowest BCUT2D eigenvalue weighted by molar-refractivity contribution is -0.143. The van der Waals surface area contributed by atoms with E-state index >= 15 is 0 Å². The van der Waals surface area contributed by atoms with Crippen molar-refractivity contribution >= 4 is 17.8 Å². The fourth-order valence-corrected chi connectivity index (χ4v) is 1.94. The summed E-state index contributed by atoms with van der Waals surface area (Å²) in [7, 11) is 0. The zero-order valence-corrected chi connectivity index (χ0v) is 10.1.